The van der Waals surface area contributed by atoms with Crippen LogP contribution < -0.4 is 5.63 Å². The van der Waals surface area contributed by atoms with Gasteiger partial charge in [0.05, 0.1) is 0 Å². The fourth-order valence-electron chi connectivity index (χ4n) is 3.28. The molecule has 1 aliphatic heterocycles. The van der Waals surface area contributed by atoms with E-state index in [1.807, 2.05) is 13.0 Å². The van der Waals surface area contributed by atoms with E-state index in [-0.39, 0.29) is 5.63 Å². The lowest BCUT2D eigenvalue weighted by Crippen LogP contribution is -2.34. The molecule has 0 spiro atoms. The number of piperidine rings is 1. The second kappa shape index (κ2) is 5.64. The highest BCUT2D eigenvalue weighted by atomic mass is 16.4. The molecule has 2 aromatic rings. The molecule has 2 heterocycles. The van der Waals surface area contributed by atoms with Gasteiger partial charge >= 0.3 is 5.63 Å². The molecule has 0 unspecified atom stereocenters. The fraction of sp³-hybridized carbons (Fsp3) is 0.500. The van der Waals surface area contributed by atoms with E-state index in [0.717, 1.165) is 42.1 Å². The SMILES string of the molecule is Cc1cc2oc(=O)cc(CN3CCC[C@@H](C)C3)c2cc1C. The first-order valence-corrected chi connectivity index (χ1v) is 7.79. The van der Waals surface area contributed by atoms with E-state index in [0.29, 0.717) is 5.58 Å². The van der Waals surface area contributed by atoms with Crippen LogP contribution in [0.5, 0.6) is 0 Å². The number of nitrogens with zero attached hydrogens (tertiary/aromatic N) is 1. The number of benzene rings is 1. The Hall–Kier alpha value is -1.61. The highest BCUT2D eigenvalue weighted by Gasteiger charge is 2.18. The van der Waals surface area contributed by atoms with E-state index in [9.17, 15) is 4.79 Å². The first-order valence-electron chi connectivity index (χ1n) is 7.79. The van der Waals surface area contributed by atoms with Crippen molar-refractivity contribution in [1.29, 1.82) is 0 Å². The normalized spacial score (nSPS) is 20.0. The van der Waals surface area contributed by atoms with Gasteiger partial charge in [0.2, 0.25) is 0 Å². The zero-order valence-electron chi connectivity index (χ0n) is 13.1. The van der Waals surface area contributed by atoms with Crippen molar-refractivity contribution >= 4 is 11.0 Å². The number of likely N-dealkylation sites (tertiary alicyclic amines) is 1. The molecule has 3 rings (SSSR count). The van der Waals surface area contributed by atoms with Crippen molar-refractivity contribution < 1.29 is 4.42 Å². The summed E-state index contributed by atoms with van der Waals surface area (Å²) >= 11 is 0. The number of fused-ring (bicyclic) bond motifs is 1. The average Bonchev–Trinajstić information content (AvgIpc) is 2.41. The highest BCUT2D eigenvalue weighted by Crippen LogP contribution is 2.24. The largest absolute Gasteiger partial charge is 0.423 e. The van der Waals surface area contributed by atoms with Crippen molar-refractivity contribution in [3.8, 4) is 0 Å². The van der Waals surface area contributed by atoms with Gasteiger partial charge in [-0.3, -0.25) is 4.90 Å². The summed E-state index contributed by atoms with van der Waals surface area (Å²) in [5.74, 6) is 0.745. The van der Waals surface area contributed by atoms with Gasteiger partial charge in [-0.25, -0.2) is 4.79 Å². The van der Waals surface area contributed by atoms with Crippen LogP contribution in [-0.2, 0) is 6.54 Å². The lowest BCUT2D eigenvalue weighted by molar-refractivity contribution is 0.177. The maximum absolute atomic E-state index is 11.8. The monoisotopic (exact) mass is 285 g/mol. The van der Waals surface area contributed by atoms with Gasteiger partial charge in [-0.2, -0.15) is 0 Å². The van der Waals surface area contributed by atoms with Crippen molar-refractivity contribution in [1.82, 2.24) is 4.90 Å². The van der Waals surface area contributed by atoms with Crippen LogP contribution in [0.4, 0.5) is 0 Å². The molecule has 1 atom stereocenters. The fourth-order valence-corrected chi connectivity index (χ4v) is 3.28. The maximum Gasteiger partial charge on any atom is 0.336 e. The van der Waals surface area contributed by atoms with Crippen LogP contribution >= 0.6 is 0 Å². The molecule has 0 N–H and O–H groups in total. The van der Waals surface area contributed by atoms with Gasteiger partial charge in [-0.15, -0.1) is 0 Å². The number of rotatable bonds is 2. The van der Waals surface area contributed by atoms with Gasteiger partial charge in [0, 0.05) is 24.5 Å². The van der Waals surface area contributed by atoms with Crippen molar-refractivity contribution in [2.75, 3.05) is 13.1 Å². The van der Waals surface area contributed by atoms with Crippen LogP contribution in [0.1, 0.15) is 36.5 Å². The summed E-state index contributed by atoms with van der Waals surface area (Å²) in [6.07, 6.45) is 2.56. The van der Waals surface area contributed by atoms with Crippen LogP contribution in [0.3, 0.4) is 0 Å². The molecule has 1 aromatic heterocycles. The van der Waals surface area contributed by atoms with E-state index in [1.54, 1.807) is 6.07 Å². The third-order valence-corrected chi connectivity index (χ3v) is 4.58. The Labute approximate surface area is 125 Å². The summed E-state index contributed by atoms with van der Waals surface area (Å²) < 4.78 is 5.37. The van der Waals surface area contributed by atoms with Gasteiger partial charge in [0.15, 0.2) is 0 Å². The molecule has 0 aliphatic carbocycles. The number of aryl methyl sites for hydroxylation is 2. The zero-order valence-corrected chi connectivity index (χ0v) is 13.1. The molecular formula is C18H23NO2. The predicted molar refractivity (Wildman–Crippen MR) is 85.6 cm³/mol. The molecule has 0 amide bonds. The molecule has 0 saturated carbocycles. The number of hydrogen-bond acceptors (Lipinski definition) is 3. The van der Waals surface area contributed by atoms with Gasteiger partial charge in [0.25, 0.3) is 0 Å². The van der Waals surface area contributed by atoms with Crippen LogP contribution in [0.2, 0.25) is 0 Å². The minimum atomic E-state index is -0.245. The van der Waals surface area contributed by atoms with Gasteiger partial charge in [0.1, 0.15) is 5.58 Å². The smallest absolute Gasteiger partial charge is 0.336 e. The molecule has 112 valence electrons. The second-order valence-electron chi connectivity index (χ2n) is 6.51. The predicted octanol–water partition coefficient (Wildman–Crippen LogP) is 3.64. The molecule has 3 heteroatoms. The second-order valence-corrected chi connectivity index (χ2v) is 6.51. The van der Waals surface area contributed by atoms with Crippen molar-refractivity contribution in [2.24, 2.45) is 5.92 Å². The van der Waals surface area contributed by atoms with E-state index >= 15 is 0 Å². The summed E-state index contributed by atoms with van der Waals surface area (Å²) in [5.41, 5.74) is 3.97. The average molecular weight is 285 g/mol. The third kappa shape index (κ3) is 3.03. The molecule has 1 aliphatic rings. The van der Waals surface area contributed by atoms with Gasteiger partial charge < -0.3 is 4.42 Å². The van der Waals surface area contributed by atoms with Crippen LogP contribution in [0.25, 0.3) is 11.0 Å². The summed E-state index contributed by atoms with van der Waals surface area (Å²) in [4.78, 5) is 14.3. The first-order chi connectivity index (χ1) is 10.0. The minimum Gasteiger partial charge on any atom is -0.423 e. The molecular weight excluding hydrogens is 262 g/mol. The van der Waals surface area contributed by atoms with Crippen molar-refractivity contribution in [3.05, 3.63) is 45.3 Å². The van der Waals surface area contributed by atoms with Crippen LogP contribution in [0, 0.1) is 19.8 Å². The summed E-state index contributed by atoms with van der Waals surface area (Å²) in [6, 6.07) is 5.79. The van der Waals surface area contributed by atoms with E-state index < -0.39 is 0 Å². The molecule has 1 saturated heterocycles. The summed E-state index contributed by atoms with van der Waals surface area (Å²) in [5, 5.41) is 1.08. The Morgan fingerprint density at radius 1 is 1.24 bits per heavy atom. The Kier molecular flexibility index (Phi) is 3.85. The maximum atomic E-state index is 11.8. The molecule has 21 heavy (non-hydrogen) atoms. The van der Waals surface area contributed by atoms with E-state index in [4.69, 9.17) is 4.42 Å². The quantitative estimate of drug-likeness (QED) is 0.790. The standard InChI is InChI=1S/C18H23NO2/c1-12-5-4-6-19(10-12)11-15-9-18(20)21-17-8-14(3)13(2)7-16(15)17/h7-9,12H,4-6,10-11H2,1-3H3/t12-/m1/s1. The zero-order chi connectivity index (χ0) is 15.0. The van der Waals surface area contributed by atoms with Crippen molar-refractivity contribution in [3.63, 3.8) is 0 Å². The van der Waals surface area contributed by atoms with Crippen molar-refractivity contribution in [2.45, 2.75) is 40.2 Å². The lowest BCUT2D eigenvalue weighted by Gasteiger charge is -2.31. The Morgan fingerprint density at radius 3 is 2.76 bits per heavy atom. The topological polar surface area (TPSA) is 33.5 Å². The Bertz CT molecular complexity index is 717. The van der Waals surface area contributed by atoms with Crippen LogP contribution in [0.15, 0.2) is 27.4 Å². The number of hydrogen-bond donors (Lipinski definition) is 0. The Morgan fingerprint density at radius 2 is 2.00 bits per heavy atom. The van der Waals surface area contributed by atoms with E-state index in [1.165, 1.54) is 18.4 Å². The minimum absolute atomic E-state index is 0.245. The summed E-state index contributed by atoms with van der Waals surface area (Å²) in [7, 11) is 0. The molecule has 3 nitrogen and oxygen atoms in total. The molecule has 1 aromatic carbocycles. The van der Waals surface area contributed by atoms with Gasteiger partial charge in [-0.05, 0) is 68.0 Å². The lowest BCUT2D eigenvalue weighted by atomic mass is 9.98. The van der Waals surface area contributed by atoms with E-state index in [2.05, 4.69) is 24.8 Å². The Balaban J connectivity index is 2.00. The highest BCUT2D eigenvalue weighted by molar-refractivity contribution is 5.81. The molecule has 1 fully saturated rings. The molecule has 0 bridgehead atoms. The van der Waals surface area contributed by atoms with Crippen LogP contribution in [-0.4, -0.2) is 18.0 Å². The first kappa shape index (κ1) is 14.3. The third-order valence-electron chi connectivity index (χ3n) is 4.58. The van der Waals surface area contributed by atoms with Gasteiger partial charge in [-0.1, -0.05) is 6.92 Å². The summed E-state index contributed by atoms with van der Waals surface area (Å²) in [6.45, 7) is 9.54. The molecule has 0 radical (unpaired) electrons.